The second-order valence-corrected chi connectivity index (χ2v) is 5.66. The topological polar surface area (TPSA) is 51.3 Å². The van der Waals surface area contributed by atoms with E-state index in [0.717, 1.165) is 5.56 Å². The standard InChI is InChI=1S/C21H20FNO3/c1-3-25-20-10-6-14(11-21(20)26-4-2)5-9-19(24)17-13-23-18-12-15(22)7-8-16(17)18/h5-13,23H,3-4H2,1-2H3. The third-order valence-electron chi connectivity index (χ3n) is 3.90. The Bertz CT molecular complexity index is 959. The molecule has 0 atom stereocenters. The largest absolute Gasteiger partial charge is 0.490 e. The van der Waals surface area contributed by atoms with Crippen molar-refractivity contribution in [3.8, 4) is 11.5 Å². The molecule has 3 rings (SSSR count). The van der Waals surface area contributed by atoms with Crippen molar-refractivity contribution in [2.24, 2.45) is 0 Å². The normalized spacial score (nSPS) is 11.2. The van der Waals surface area contributed by atoms with Gasteiger partial charge in [-0.2, -0.15) is 0 Å². The maximum absolute atomic E-state index is 13.3. The summed E-state index contributed by atoms with van der Waals surface area (Å²) in [5.74, 6) is 0.824. The van der Waals surface area contributed by atoms with Crippen molar-refractivity contribution >= 4 is 22.8 Å². The fourth-order valence-electron chi connectivity index (χ4n) is 2.74. The molecule has 3 aromatic rings. The van der Waals surface area contributed by atoms with Crippen LogP contribution in [0.4, 0.5) is 4.39 Å². The molecule has 0 bridgehead atoms. The summed E-state index contributed by atoms with van der Waals surface area (Å²) in [6.45, 7) is 4.89. The lowest BCUT2D eigenvalue weighted by Crippen LogP contribution is -1.98. The van der Waals surface area contributed by atoms with Crippen molar-refractivity contribution < 1.29 is 18.7 Å². The van der Waals surface area contributed by atoms with Crippen LogP contribution in [0, 0.1) is 5.82 Å². The number of allylic oxidation sites excluding steroid dienone is 1. The van der Waals surface area contributed by atoms with E-state index in [1.165, 1.54) is 18.2 Å². The summed E-state index contributed by atoms with van der Waals surface area (Å²) in [5.41, 5.74) is 1.94. The summed E-state index contributed by atoms with van der Waals surface area (Å²) >= 11 is 0. The summed E-state index contributed by atoms with van der Waals surface area (Å²) in [7, 11) is 0. The van der Waals surface area contributed by atoms with E-state index in [9.17, 15) is 9.18 Å². The van der Waals surface area contributed by atoms with Gasteiger partial charge in [-0.05, 0) is 55.8 Å². The number of rotatable bonds is 7. The Morgan fingerprint density at radius 2 is 1.85 bits per heavy atom. The number of aromatic nitrogens is 1. The molecule has 0 aliphatic carbocycles. The number of hydrogen-bond acceptors (Lipinski definition) is 3. The summed E-state index contributed by atoms with van der Waals surface area (Å²) in [6.07, 6.45) is 4.82. The van der Waals surface area contributed by atoms with Gasteiger partial charge in [0.2, 0.25) is 0 Å². The van der Waals surface area contributed by atoms with Crippen molar-refractivity contribution in [1.29, 1.82) is 0 Å². The third kappa shape index (κ3) is 3.77. The van der Waals surface area contributed by atoms with Crippen LogP contribution in [-0.2, 0) is 0 Å². The zero-order valence-electron chi connectivity index (χ0n) is 14.7. The number of H-pyrrole nitrogens is 1. The van der Waals surface area contributed by atoms with Crippen molar-refractivity contribution in [2.45, 2.75) is 13.8 Å². The highest BCUT2D eigenvalue weighted by Gasteiger charge is 2.10. The molecule has 134 valence electrons. The number of aromatic amines is 1. The highest BCUT2D eigenvalue weighted by Crippen LogP contribution is 2.29. The molecule has 0 fully saturated rings. The maximum Gasteiger partial charge on any atom is 0.187 e. The molecule has 0 radical (unpaired) electrons. The Morgan fingerprint density at radius 3 is 2.62 bits per heavy atom. The minimum atomic E-state index is -0.341. The summed E-state index contributed by atoms with van der Waals surface area (Å²) in [4.78, 5) is 15.4. The zero-order valence-corrected chi connectivity index (χ0v) is 14.7. The smallest absolute Gasteiger partial charge is 0.187 e. The fourth-order valence-corrected chi connectivity index (χ4v) is 2.74. The van der Waals surface area contributed by atoms with Gasteiger partial charge < -0.3 is 14.5 Å². The zero-order chi connectivity index (χ0) is 18.5. The highest BCUT2D eigenvalue weighted by molar-refractivity contribution is 6.14. The van der Waals surface area contributed by atoms with Gasteiger partial charge in [-0.3, -0.25) is 4.79 Å². The average Bonchev–Trinajstić information content (AvgIpc) is 3.05. The first-order valence-electron chi connectivity index (χ1n) is 8.51. The van der Waals surface area contributed by atoms with Crippen LogP contribution in [0.25, 0.3) is 17.0 Å². The molecule has 26 heavy (non-hydrogen) atoms. The van der Waals surface area contributed by atoms with Crippen molar-refractivity contribution in [3.63, 3.8) is 0 Å². The lowest BCUT2D eigenvalue weighted by atomic mass is 10.1. The van der Waals surface area contributed by atoms with Crippen molar-refractivity contribution in [2.75, 3.05) is 13.2 Å². The third-order valence-corrected chi connectivity index (χ3v) is 3.90. The van der Waals surface area contributed by atoms with Crippen LogP contribution < -0.4 is 9.47 Å². The molecule has 5 heteroatoms. The van der Waals surface area contributed by atoms with E-state index < -0.39 is 0 Å². The van der Waals surface area contributed by atoms with Gasteiger partial charge in [-0.25, -0.2) is 4.39 Å². The first kappa shape index (κ1) is 17.7. The molecular weight excluding hydrogens is 333 g/mol. The van der Waals surface area contributed by atoms with Crippen LogP contribution in [-0.4, -0.2) is 24.0 Å². The molecule has 0 saturated heterocycles. The Labute approximate surface area is 151 Å². The van der Waals surface area contributed by atoms with E-state index in [1.807, 2.05) is 32.0 Å². The molecule has 2 aromatic carbocycles. The number of ether oxygens (including phenoxy) is 2. The quantitative estimate of drug-likeness (QED) is 0.480. The van der Waals surface area contributed by atoms with E-state index in [0.29, 0.717) is 41.2 Å². The van der Waals surface area contributed by atoms with Gasteiger partial charge in [0, 0.05) is 22.7 Å². The number of carbonyl (C=O) groups excluding carboxylic acids is 1. The molecule has 0 saturated carbocycles. The van der Waals surface area contributed by atoms with Gasteiger partial charge in [-0.1, -0.05) is 12.1 Å². The van der Waals surface area contributed by atoms with Crippen molar-refractivity contribution in [3.05, 3.63) is 65.6 Å². The number of nitrogens with one attached hydrogen (secondary N) is 1. The first-order chi connectivity index (χ1) is 12.6. The molecule has 0 unspecified atom stereocenters. The Kier molecular flexibility index (Phi) is 5.37. The molecule has 1 aromatic heterocycles. The van der Waals surface area contributed by atoms with Crippen LogP contribution in [0.3, 0.4) is 0 Å². The summed E-state index contributed by atoms with van der Waals surface area (Å²) < 4.78 is 24.4. The first-order valence-corrected chi connectivity index (χ1v) is 8.51. The van der Waals surface area contributed by atoms with Gasteiger partial charge in [0.05, 0.1) is 13.2 Å². The summed E-state index contributed by atoms with van der Waals surface area (Å²) in [5, 5.41) is 0.697. The molecule has 1 heterocycles. The Morgan fingerprint density at radius 1 is 1.08 bits per heavy atom. The number of fused-ring (bicyclic) bond motifs is 1. The van der Waals surface area contributed by atoms with E-state index in [1.54, 1.807) is 18.3 Å². The molecular formula is C21H20FNO3. The summed E-state index contributed by atoms with van der Waals surface area (Å²) in [6, 6.07) is 9.85. The minimum Gasteiger partial charge on any atom is -0.490 e. The molecule has 1 N–H and O–H groups in total. The Balaban J connectivity index is 1.84. The number of benzene rings is 2. The lowest BCUT2D eigenvalue weighted by Gasteiger charge is -2.11. The van der Waals surface area contributed by atoms with E-state index in [2.05, 4.69) is 4.98 Å². The van der Waals surface area contributed by atoms with E-state index >= 15 is 0 Å². The van der Waals surface area contributed by atoms with Gasteiger partial charge >= 0.3 is 0 Å². The van der Waals surface area contributed by atoms with Gasteiger partial charge in [0.15, 0.2) is 17.3 Å². The SMILES string of the molecule is CCOc1ccc(C=CC(=O)c2c[nH]c3cc(F)ccc23)cc1OCC. The predicted molar refractivity (Wildman–Crippen MR) is 100 cm³/mol. The second-order valence-electron chi connectivity index (χ2n) is 5.66. The minimum absolute atomic E-state index is 0.158. The molecule has 4 nitrogen and oxygen atoms in total. The molecule has 0 spiro atoms. The lowest BCUT2D eigenvalue weighted by molar-refractivity contribution is 0.104. The van der Waals surface area contributed by atoms with Crippen molar-refractivity contribution in [1.82, 2.24) is 4.98 Å². The second kappa shape index (κ2) is 7.87. The van der Waals surface area contributed by atoms with Gasteiger partial charge in [-0.15, -0.1) is 0 Å². The van der Waals surface area contributed by atoms with Gasteiger partial charge in [0.1, 0.15) is 5.82 Å². The van der Waals surface area contributed by atoms with E-state index in [4.69, 9.17) is 9.47 Å². The highest BCUT2D eigenvalue weighted by atomic mass is 19.1. The average molecular weight is 353 g/mol. The van der Waals surface area contributed by atoms with Crippen LogP contribution >= 0.6 is 0 Å². The molecule has 0 amide bonds. The van der Waals surface area contributed by atoms with Crippen LogP contribution in [0.2, 0.25) is 0 Å². The number of carbonyl (C=O) groups is 1. The maximum atomic E-state index is 13.3. The monoisotopic (exact) mass is 353 g/mol. The Hall–Kier alpha value is -3.08. The predicted octanol–water partition coefficient (Wildman–Crippen LogP) is 5.00. The molecule has 0 aliphatic rings. The molecule has 0 aliphatic heterocycles. The number of halogens is 1. The number of hydrogen-bond donors (Lipinski definition) is 1. The van der Waals surface area contributed by atoms with Gasteiger partial charge in [0.25, 0.3) is 0 Å². The van der Waals surface area contributed by atoms with Crippen LogP contribution in [0.5, 0.6) is 11.5 Å². The van der Waals surface area contributed by atoms with E-state index in [-0.39, 0.29) is 11.6 Å². The van der Waals surface area contributed by atoms with Crippen LogP contribution in [0.15, 0.2) is 48.7 Å². The van der Waals surface area contributed by atoms with Crippen LogP contribution in [0.1, 0.15) is 29.8 Å². The fraction of sp³-hybridized carbons (Fsp3) is 0.190. The number of ketones is 1.